The number of rotatable bonds is 21. The van der Waals surface area contributed by atoms with Crippen molar-refractivity contribution < 1.29 is 14.6 Å². The zero-order valence-corrected chi connectivity index (χ0v) is 20.2. The zero-order chi connectivity index (χ0) is 22.4. The number of hydrogen-bond donors (Lipinski definition) is 1. The van der Waals surface area contributed by atoms with E-state index in [9.17, 15) is 9.90 Å². The van der Waals surface area contributed by atoms with Crippen LogP contribution >= 0.6 is 0 Å². The summed E-state index contributed by atoms with van der Waals surface area (Å²) in [6.07, 6.45) is 25.8. The number of ether oxygens (including phenoxy) is 1. The maximum Gasteiger partial charge on any atom is 0.338 e. The second-order valence-electron chi connectivity index (χ2n) is 9.05. The molecule has 0 spiro atoms. The molecule has 1 N–H and O–H groups in total. The predicted octanol–water partition coefficient (Wildman–Crippen LogP) is 8.98. The molecule has 0 fully saturated rings. The molecule has 3 nitrogen and oxygen atoms in total. The van der Waals surface area contributed by atoms with Gasteiger partial charge >= 0.3 is 5.97 Å². The van der Waals surface area contributed by atoms with E-state index in [1.54, 1.807) is 12.1 Å². The van der Waals surface area contributed by atoms with Crippen molar-refractivity contribution in [2.45, 2.75) is 129 Å². The highest BCUT2D eigenvalue weighted by Crippen LogP contribution is 2.15. The Hall–Kier alpha value is -1.51. The fraction of sp³-hybridized carbons (Fsp3) is 0.750. The molecule has 0 atom stereocenters. The van der Waals surface area contributed by atoms with Crippen molar-refractivity contribution in [3.05, 3.63) is 29.8 Å². The lowest BCUT2D eigenvalue weighted by Gasteiger charge is -2.05. The van der Waals surface area contributed by atoms with Crippen molar-refractivity contribution in [3.8, 4) is 5.75 Å². The van der Waals surface area contributed by atoms with Crippen LogP contribution in [0.3, 0.4) is 0 Å². The van der Waals surface area contributed by atoms with Gasteiger partial charge in [0.1, 0.15) is 5.75 Å². The fourth-order valence-electron chi connectivity index (χ4n) is 4.03. The molecule has 3 heteroatoms. The van der Waals surface area contributed by atoms with Crippen molar-refractivity contribution in [1.82, 2.24) is 0 Å². The van der Waals surface area contributed by atoms with E-state index in [0.717, 1.165) is 12.8 Å². The summed E-state index contributed by atoms with van der Waals surface area (Å²) >= 11 is 0. The van der Waals surface area contributed by atoms with Gasteiger partial charge in [-0.05, 0) is 30.7 Å². The van der Waals surface area contributed by atoms with Crippen LogP contribution in [0.2, 0.25) is 0 Å². The monoisotopic (exact) mass is 432 g/mol. The van der Waals surface area contributed by atoms with Crippen molar-refractivity contribution in [2.24, 2.45) is 0 Å². The van der Waals surface area contributed by atoms with Gasteiger partial charge in [-0.2, -0.15) is 0 Å². The van der Waals surface area contributed by atoms with Crippen LogP contribution in [-0.4, -0.2) is 17.7 Å². The van der Waals surface area contributed by atoms with Crippen LogP contribution in [0.15, 0.2) is 24.3 Å². The van der Waals surface area contributed by atoms with Gasteiger partial charge in [-0.3, -0.25) is 0 Å². The Morgan fingerprint density at radius 1 is 0.613 bits per heavy atom. The summed E-state index contributed by atoms with van der Waals surface area (Å²) in [6.45, 7) is 2.77. The number of carbonyl (C=O) groups excluding carboxylic acids is 1. The van der Waals surface area contributed by atoms with Crippen LogP contribution in [0.1, 0.15) is 139 Å². The Bertz CT molecular complexity index is 524. The first-order chi connectivity index (χ1) is 15.2. The molecule has 0 aromatic heterocycles. The first kappa shape index (κ1) is 27.5. The summed E-state index contributed by atoms with van der Waals surface area (Å²) in [7, 11) is 0. The van der Waals surface area contributed by atoms with Gasteiger partial charge in [-0.15, -0.1) is 0 Å². The van der Waals surface area contributed by atoms with Gasteiger partial charge in [0.25, 0.3) is 0 Å². The maximum atomic E-state index is 11.8. The van der Waals surface area contributed by atoms with E-state index >= 15 is 0 Å². The van der Waals surface area contributed by atoms with Gasteiger partial charge in [0.2, 0.25) is 0 Å². The Labute approximate surface area is 192 Å². The normalized spacial score (nSPS) is 11.0. The molecule has 1 rings (SSSR count). The lowest BCUT2D eigenvalue weighted by Crippen LogP contribution is -2.06. The minimum Gasteiger partial charge on any atom is -0.508 e. The highest BCUT2D eigenvalue weighted by atomic mass is 16.5. The first-order valence-corrected chi connectivity index (χ1v) is 13.2. The van der Waals surface area contributed by atoms with Crippen LogP contribution in [-0.2, 0) is 4.74 Å². The van der Waals surface area contributed by atoms with Crippen LogP contribution in [0.4, 0.5) is 0 Å². The molecule has 0 bridgehead atoms. The average molecular weight is 433 g/mol. The third-order valence-electron chi connectivity index (χ3n) is 6.08. The van der Waals surface area contributed by atoms with E-state index < -0.39 is 0 Å². The number of phenols is 1. The predicted molar refractivity (Wildman–Crippen MR) is 132 cm³/mol. The molecule has 0 aliphatic rings. The molecule has 1 aromatic rings. The molecule has 0 radical (unpaired) electrons. The lowest BCUT2D eigenvalue weighted by molar-refractivity contribution is 0.0497. The molecule has 0 amide bonds. The SMILES string of the molecule is CCCCCCCCCCCCCCCCCCCCCOC(=O)c1ccc(O)cc1. The molecule has 0 aliphatic carbocycles. The summed E-state index contributed by atoms with van der Waals surface area (Å²) in [5.74, 6) is -0.141. The number of benzene rings is 1. The molecule has 1 aromatic carbocycles. The fourth-order valence-corrected chi connectivity index (χ4v) is 4.03. The van der Waals surface area contributed by atoms with Gasteiger partial charge < -0.3 is 9.84 Å². The van der Waals surface area contributed by atoms with Crippen LogP contribution in [0, 0.1) is 0 Å². The Morgan fingerprint density at radius 3 is 1.35 bits per heavy atom. The number of carbonyl (C=O) groups is 1. The van der Waals surface area contributed by atoms with Crippen LogP contribution < -0.4 is 0 Å². The van der Waals surface area contributed by atoms with E-state index in [1.807, 2.05) is 0 Å². The van der Waals surface area contributed by atoms with Gasteiger partial charge in [0.15, 0.2) is 0 Å². The van der Waals surface area contributed by atoms with E-state index in [1.165, 1.54) is 121 Å². The molecule has 0 saturated heterocycles. The van der Waals surface area contributed by atoms with Gasteiger partial charge in [-0.25, -0.2) is 4.79 Å². The number of phenolic OH excluding ortho intramolecular Hbond substituents is 1. The quantitative estimate of drug-likeness (QED) is 0.156. The van der Waals surface area contributed by atoms with Gasteiger partial charge in [0.05, 0.1) is 12.2 Å². The summed E-state index contributed by atoms with van der Waals surface area (Å²) in [5, 5.41) is 9.24. The van der Waals surface area contributed by atoms with Crippen molar-refractivity contribution in [1.29, 1.82) is 0 Å². The summed E-state index contributed by atoms with van der Waals surface area (Å²) in [6, 6.07) is 6.20. The molecule has 0 saturated carbocycles. The largest absolute Gasteiger partial charge is 0.508 e. The van der Waals surface area contributed by atoms with E-state index in [0.29, 0.717) is 12.2 Å². The minimum absolute atomic E-state index is 0.162. The number of aromatic hydroxyl groups is 1. The van der Waals surface area contributed by atoms with E-state index in [-0.39, 0.29) is 11.7 Å². The molecule has 31 heavy (non-hydrogen) atoms. The smallest absolute Gasteiger partial charge is 0.338 e. The Balaban J connectivity index is 1.74. The molecular formula is C28H48O3. The van der Waals surface area contributed by atoms with Crippen molar-refractivity contribution in [2.75, 3.05) is 6.61 Å². The molecular weight excluding hydrogens is 384 g/mol. The highest BCUT2D eigenvalue weighted by Gasteiger charge is 2.06. The maximum absolute atomic E-state index is 11.8. The van der Waals surface area contributed by atoms with Gasteiger partial charge in [0, 0.05) is 0 Å². The summed E-state index contributed by atoms with van der Waals surface area (Å²) in [5.41, 5.74) is 0.496. The molecule has 0 unspecified atom stereocenters. The summed E-state index contributed by atoms with van der Waals surface area (Å²) in [4.78, 5) is 11.8. The number of unbranched alkanes of at least 4 members (excludes halogenated alkanes) is 18. The number of hydrogen-bond acceptors (Lipinski definition) is 3. The second kappa shape index (κ2) is 20.4. The van der Waals surface area contributed by atoms with E-state index in [2.05, 4.69) is 6.92 Å². The standard InChI is InChI=1S/C28H48O3/c1-2-3-4-5-6-7-8-9-10-11-12-13-14-15-16-17-18-19-20-25-31-28(30)26-21-23-27(29)24-22-26/h21-24,29H,2-20,25H2,1H3. The molecule has 178 valence electrons. The van der Waals surface area contributed by atoms with Crippen LogP contribution in [0.5, 0.6) is 5.75 Å². The topological polar surface area (TPSA) is 46.5 Å². The third kappa shape index (κ3) is 16.8. The molecule has 0 aliphatic heterocycles. The first-order valence-electron chi connectivity index (χ1n) is 13.2. The Kier molecular flexibility index (Phi) is 18.1. The summed E-state index contributed by atoms with van der Waals surface area (Å²) < 4.78 is 5.28. The van der Waals surface area contributed by atoms with Crippen molar-refractivity contribution in [3.63, 3.8) is 0 Å². The van der Waals surface area contributed by atoms with E-state index in [4.69, 9.17) is 4.74 Å². The van der Waals surface area contributed by atoms with Crippen molar-refractivity contribution >= 4 is 5.97 Å². The second-order valence-corrected chi connectivity index (χ2v) is 9.05. The Morgan fingerprint density at radius 2 is 0.968 bits per heavy atom. The van der Waals surface area contributed by atoms with Crippen LogP contribution in [0.25, 0.3) is 0 Å². The van der Waals surface area contributed by atoms with Gasteiger partial charge in [-0.1, -0.05) is 122 Å². The highest BCUT2D eigenvalue weighted by molar-refractivity contribution is 5.89. The minimum atomic E-state index is -0.303. The third-order valence-corrected chi connectivity index (χ3v) is 6.08. The lowest BCUT2D eigenvalue weighted by atomic mass is 10.0. The average Bonchev–Trinajstić information content (AvgIpc) is 2.78. The molecule has 0 heterocycles. The number of esters is 1. The zero-order valence-electron chi connectivity index (χ0n) is 20.2.